The first-order valence-electron chi connectivity index (χ1n) is 8.49. The molecule has 1 saturated heterocycles. The van der Waals surface area contributed by atoms with E-state index in [-0.39, 0.29) is 11.9 Å². The second-order valence-corrected chi connectivity index (χ2v) is 6.42. The van der Waals surface area contributed by atoms with Crippen LogP contribution in [0.25, 0.3) is 11.0 Å². The SMILES string of the molecule is Cc1cccc(N2CCC[C@@H](NC(=O)c3ccc4n[nH]nc4c3)C2)n1. The third-order valence-electron chi connectivity index (χ3n) is 4.53. The summed E-state index contributed by atoms with van der Waals surface area (Å²) in [5.74, 6) is 0.900. The summed E-state index contributed by atoms with van der Waals surface area (Å²) in [6.45, 7) is 3.73. The van der Waals surface area contributed by atoms with E-state index in [2.05, 4.69) is 30.6 Å². The average Bonchev–Trinajstić information content (AvgIpc) is 3.09. The Bertz CT molecular complexity index is 905. The number of carbonyl (C=O) groups excluding carboxylic acids is 1. The number of hydrogen-bond acceptors (Lipinski definition) is 5. The van der Waals surface area contributed by atoms with Gasteiger partial charge in [-0.1, -0.05) is 6.07 Å². The van der Waals surface area contributed by atoms with Gasteiger partial charge >= 0.3 is 0 Å². The molecule has 1 aromatic carbocycles. The van der Waals surface area contributed by atoms with Crippen LogP contribution in [0.2, 0.25) is 0 Å². The summed E-state index contributed by atoms with van der Waals surface area (Å²) in [7, 11) is 0. The van der Waals surface area contributed by atoms with Crippen LogP contribution >= 0.6 is 0 Å². The highest BCUT2D eigenvalue weighted by Gasteiger charge is 2.23. The van der Waals surface area contributed by atoms with E-state index in [4.69, 9.17) is 0 Å². The van der Waals surface area contributed by atoms with Crippen molar-refractivity contribution in [1.29, 1.82) is 0 Å². The molecule has 1 atom stereocenters. The van der Waals surface area contributed by atoms with E-state index in [0.29, 0.717) is 11.1 Å². The van der Waals surface area contributed by atoms with Gasteiger partial charge in [0.05, 0.1) is 0 Å². The second-order valence-electron chi connectivity index (χ2n) is 6.42. The quantitative estimate of drug-likeness (QED) is 0.764. The zero-order valence-electron chi connectivity index (χ0n) is 14.1. The van der Waals surface area contributed by atoms with Crippen molar-refractivity contribution < 1.29 is 4.79 Å². The van der Waals surface area contributed by atoms with Crippen molar-refractivity contribution in [3.63, 3.8) is 0 Å². The number of rotatable bonds is 3. The molecule has 0 bridgehead atoms. The fourth-order valence-electron chi connectivity index (χ4n) is 3.26. The Hall–Kier alpha value is -2.96. The Labute approximate surface area is 145 Å². The second kappa shape index (κ2) is 6.51. The minimum atomic E-state index is -0.0750. The zero-order valence-corrected chi connectivity index (χ0v) is 14.1. The fraction of sp³-hybridized carbons (Fsp3) is 0.333. The van der Waals surface area contributed by atoms with Crippen LogP contribution in [0.15, 0.2) is 36.4 Å². The minimum Gasteiger partial charge on any atom is -0.355 e. The van der Waals surface area contributed by atoms with E-state index in [1.165, 1.54) is 0 Å². The van der Waals surface area contributed by atoms with Crippen molar-refractivity contribution in [2.24, 2.45) is 0 Å². The van der Waals surface area contributed by atoms with Crippen LogP contribution in [0.1, 0.15) is 28.9 Å². The van der Waals surface area contributed by atoms with Crippen molar-refractivity contribution in [3.05, 3.63) is 47.7 Å². The lowest BCUT2D eigenvalue weighted by molar-refractivity contribution is 0.0933. The lowest BCUT2D eigenvalue weighted by atomic mass is 10.0. The van der Waals surface area contributed by atoms with Crippen molar-refractivity contribution in [3.8, 4) is 0 Å². The zero-order chi connectivity index (χ0) is 17.2. The van der Waals surface area contributed by atoms with E-state index in [1.807, 2.05) is 25.1 Å². The van der Waals surface area contributed by atoms with Crippen LogP contribution in [-0.2, 0) is 0 Å². The molecule has 0 spiro atoms. The van der Waals surface area contributed by atoms with Crippen LogP contribution < -0.4 is 10.2 Å². The Morgan fingerprint density at radius 1 is 1.24 bits per heavy atom. The molecule has 1 fully saturated rings. The Balaban J connectivity index is 1.45. The molecule has 128 valence electrons. The van der Waals surface area contributed by atoms with Gasteiger partial charge in [-0.25, -0.2) is 4.98 Å². The van der Waals surface area contributed by atoms with Crippen molar-refractivity contribution in [2.45, 2.75) is 25.8 Å². The number of fused-ring (bicyclic) bond motifs is 1. The molecule has 0 aliphatic carbocycles. The van der Waals surface area contributed by atoms with Gasteiger partial charge in [0.2, 0.25) is 0 Å². The molecular formula is C18H20N6O. The van der Waals surface area contributed by atoms with Crippen molar-refractivity contribution in [1.82, 2.24) is 25.7 Å². The van der Waals surface area contributed by atoms with Gasteiger partial charge in [-0.05, 0) is 50.1 Å². The summed E-state index contributed by atoms with van der Waals surface area (Å²) in [5, 5.41) is 13.7. The highest BCUT2D eigenvalue weighted by Crippen LogP contribution is 2.19. The monoisotopic (exact) mass is 336 g/mol. The Morgan fingerprint density at radius 3 is 3.00 bits per heavy atom. The van der Waals surface area contributed by atoms with Gasteiger partial charge in [0.15, 0.2) is 0 Å². The first-order valence-corrected chi connectivity index (χ1v) is 8.49. The first-order chi connectivity index (χ1) is 12.2. The topological polar surface area (TPSA) is 86.8 Å². The molecule has 7 nitrogen and oxygen atoms in total. The molecule has 3 heterocycles. The number of aromatic amines is 1. The number of benzene rings is 1. The molecule has 4 rings (SSSR count). The van der Waals surface area contributed by atoms with Gasteiger partial charge in [-0.2, -0.15) is 15.4 Å². The molecule has 0 radical (unpaired) electrons. The number of aryl methyl sites for hydroxylation is 1. The summed E-state index contributed by atoms with van der Waals surface area (Å²) in [6, 6.07) is 11.5. The van der Waals surface area contributed by atoms with Crippen LogP contribution in [-0.4, -0.2) is 45.4 Å². The predicted octanol–water partition coefficient (Wildman–Crippen LogP) is 2.06. The van der Waals surface area contributed by atoms with E-state index in [1.54, 1.807) is 18.2 Å². The molecule has 0 unspecified atom stereocenters. The number of nitrogens with zero attached hydrogens (tertiary/aromatic N) is 4. The molecule has 0 saturated carbocycles. The van der Waals surface area contributed by atoms with Crippen LogP contribution in [0.4, 0.5) is 5.82 Å². The summed E-state index contributed by atoms with van der Waals surface area (Å²) < 4.78 is 0. The van der Waals surface area contributed by atoms with Crippen molar-refractivity contribution in [2.75, 3.05) is 18.0 Å². The highest BCUT2D eigenvalue weighted by molar-refractivity contribution is 5.97. The fourth-order valence-corrected chi connectivity index (χ4v) is 3.26. The molecule has 1 aliphatic rings. The number of nitrogens with one attached hydrogen (secondary N) is 2. The van der Waals surface area contributed by atoms with E-state index < -0.39 is 0 Å². The number of aromatic nitrogens is 4. The van der Waals surface area contributed by atoms with Gasteiger partial charge in [0.1, 0.15) is 16.9 Å². The normalized spacial score (nSPS) is 17.6. The molecule has 1 aliphatic heterocycles. The number of amides is 1. The summed E-state index contributed by atoms with van der Waals surface area (Å²) >= 11 is 0. The smallest absolute Gasteiger partial charge is 0.251 e. The number of piperidine rings is 1. The lowest BCUT2D eigenvalue weighted by Gasteiger charge is -2.34. The summed E-state index contributed by atoms with van der Waals surface area (Å²) in [6.07, 6.45) is 2.00. The predicted molar refractivity (Wildman–Crippen MR) is 95.6 cm³/mol. The highest BCUT2D eigenvalue weighted by atomic mass is 16.1. The van der Waals surface area contributed by atoms with E-state index >= 15 is 0 Å². The maximum Gasteiger partial charge on any atom is 0.251 e. The Morgan fingerprint density at radius 2 is 2.12 bits per heavy atom. The standard InChI is InChI=1S/C18H20N6O/c1-12-4-2-6-17(19-12)24-9-3-5-14(11-24)20-18(25)13-7-8-15-16(10-13)22-23-21-15/h2,4,6-8,10,14H,3,5,9,11H2,1H3,(H,20,25)(H,21,22,23)/t14-/m1/s1. The maximum absolute atomic E-state index is 12.6. The third-order valence-corrected chi connectivity index (χ3v) is 4.53. The number of H-pyrrole nitrogens is 1. The van der Waals surface area contributed by atoms with Crippen molar-refractivity contribution >= 4 is 22.8 Å². The van der Waals surface area contributed by atoms with Gasteiger partial charge in [0, 0.05) is 30.4 Å². The molecular weight excluding hydrogens is 316 g/mol. The van der Waals surface area contributed by atoms with Crippen LogP contribution in [0.3, 0.4) is 0 Å². The largest absolute Gasteiger partial charge is 0.355 e. The van der Waals surface area contributed by atoms with Gasteiger partial charge in [0.25, 0.3) is 5.91 Å². The van der Waals surface area contributed by atoms with Crippen LogP contribution in [0.5, 0.6) is 0 Å². The molecule has 3 aromatic rings. The minimum absolute atomic E-state index is 0.0750. The number of carbonyl (C=O) groups is 1. The summed E-state index contributed by atoms with van der Waals surface area (Å²) in [5.41, 5.74) is 3.06. The molecule has 25 heavy (non-hydrogen) atoms. The number of pyridine rings is 1. The first kappa shape index (κ1) is 15.6. The van der Waals surface area contributed by atoms with Crippen LogP contribution in [0, 0.1) is 6.92 Å². The van der Waals surface area contributed by atoms with Gasteiger partial charge < -0.3 is 10.2 Å². The van der Waals surface area contributed by atoms with E-state index in [0.717, 1.165) is 43.0 Å². The molecule has 2 aromatic heterocycles. The van der Waals surface area contributed by atoms with Gasteiger partial charge in [-0.15, -0.1) is 0 Å². The summed E-state index contributed by atoms with van der Waals surface area (Å²) in [4.78, 5) is 19.4. The molecule has 7 heteroatoms. The number of anilines is 1. The van der Waals surface area contributed by atoms with Gasteiger partial charge in [-0.3, -0.25) is 4.79 Å². The molecule has 1 amide bonds. The number of hydrogen-bond donors (Lipinski definition) is 2. The van der Waals surface area contributed by atoms with E-state index in [9.17, 15) is 4.79 Å². The lowest BCUT2D eigenvalue weighted by Crippen LogP contribution is -2.48. The Kier molecular flexibility index (Phi) is 4.05. The molecule has 2 N–H and O–H groups in total. The third kappa shape index (κ3) is 3.31. The average molecular weight is 336 g/mol. The maximum atomic E-state index is 12.6.